The predicted molar refractivity (Wildman–Crippen MR) is 87.3 cm³/mol. The van der Waals surface area contributed by atoms with Crippen LogP contribution in [-0.4, -0.2) is 29.7 Å². The summed E-state index contributed by atoms with van der Waals surface area (Å²) in [6.07, 6.45) is 1.30. The van der Waals surface area contributed by atoms with Gasteiger partial charge in [0.05, 0.1) is 12.8 Å². The number of halogens is 1. The Hall–Kier alpha value is -3.22. The molecule has 6 nitrogen and oxygen atoms in total. The van der Waals surface area contributed by atoms with Crippen molar-refractivity contribution in [3.63, 3.8) is 0 Å². The molecule has 0 atom stereocenters. The first-order valence-corrected chi connectivity index (χ1v) is 7.11. The second-order valence-corrected chi connectivity index (χ2v) is 5.05. The molecule has 0 spiro atoms. The van der Waals surface area contributed by atoms with Crippen LogP contribution in [0.25, 0.3) is 0 Å². The van der Waals surface area contributed by atoms with Gasteiger partial charge < -0.3 is 10.4 Å². The third-order valence-corrected chi connectivity index (χ3v) is 3.07. The van der Waals surface area contributed by atoms with E-state index in [1.807, 2.05) is 6.92 Å². The quantitative estimate of drug-likeness (QED) is 0.576. The second-order valence-electron chi connectivity index (χ2n) is 5.05. The maximum Gasteiger partial charge on any atom is 0.259 e. The number of nitrogens with zero attached hydrogens (tertiary/aromatic N) is 1. The molecule has 0 saturated heterocycles. The Balaban J connectivity index is 1.84. The average Bonchev–Trinajstić information content (AvgIpc) is 2.56. The van der Waals surface area contributed by atoms with Crippen molar-refractivity contribution in [1.29, 1.82) is 0 Å². The zero-order chi connectivity index (χ0) is 17.5. The summed E-state index contributed by atoms with van der Waals surface area (Å²) in [6, 6.07) is 10.1. The van der Waals surface area contributed by atoms with Gasteiger partial charge in [-0.05, 0) is 37.3 Å². The summed E-state index contributed by atoms with van der Waals surface area (Å²) in [5, 5.41) is 15.7. The van der Waals surface area contributed by atoms with Crippen molar-refractivity contribution in [1.82, 2.24) is 10.7 Å². The van der Waals surface area contributed by atoms with Gasteiger partial charge in [-0.15, -0.1) is 0 Å². The van der Waals surface area contributed by atoms with Gasteiger partial charge in [0.15, 0.2) is 0 Å². The zero-order valence-electron chi connectivity index (χ0n) is 12.9. The minimum absolute atomic E-state index is 0.0398. The first-order chi connectivity index (χ1) is 11.5. The number of carbonyl (C=O) groups excluding carboxylic acids is 2. The lowest BCUT2D eigenvalue weighted by Crippen LogP contribution is -2.34. The number of benzene rings is 2. The molecule has 3 N–H and O–H groups in total. The van der Waals surface area contributed by atoms with E-state index in [0.717, 1.165) is 11.6 Å². The Bertz CT molecular complexity index is 790. The number of aromatic hydroxyl groups is 1. The summed E-state index contributed by atoms with van der Waals surface area (Å²) in [5.41, 5.74) is 3.74. The number of carbonyl (C=O) groups is 2. The van der Waals surface area contributed by atoms with Gasteiger partial charge in [-0.25, -0.2) is 9.82 Å². The zero-order valence-corrected chi connectivity index (χ0v) is 12.9. The van der Waals surface area contributed by atoms with E-state index in [1.165, 1.54) is 30.5 Å². The average molecular weight is 329 g/mol. The lowest BCUT2D eigenvalue weighted by molar-refractivity contribution is -0.120. The molecule has 0 saturated carbocycles. The molecule has 0 aliphatic rings. The summed E-state index contributed by atoms with van der Waals surface area (Å²) in [5.74, 6) is -1.61. The normalized spacial score (nSPS) is 10.6. The molecule has 0 unspecified atom stereocenters. The topological polar surface area (TPSA) is 90.8 Å². The summed E-state index contributed by atoms with van der Waals surface area (Å²) in [7, 11) is 0. The van der Waals surface area contributed by atoms with Crippen LogP contribution in [0.2, 0.25) is 0 Å². The third kappa shape index (κ3) is 4.91. The summed E-state index contributed by atoms with van der Waals surface area (Å²) in [4.78, 5) is 23.4. The molecule has 0 bridgehead atoms. The fourth-order valence-corrected chi connectivity index (χ4v) is 1.88. The largest absolute Gasteiger partial charge is 0.507 e. The van der Waals surface area contributed by atoms with Crippen molar-refractivity contribution in [3.05, 3.63) is 65.0 Å². The molecule has 7 heteroatoms. The molecule has 0 aliphatic heterocycles. The molecule has 2 aromatic rings. The highest BCUT2D eigenvalue weighted by Gasteiger charge is 2.08. The molecule has 2 rings (SSSR count). The van der Waals surface area contributed by atoms with Crippen LogP contribution in [-0.2, 0) is 4.79 Å². The van der Waals surface area contributed by atoms with Crippen molar-refractivity contribution in [2.24, 2.45) is 5.10 Å². The van der Waals surface area contributed by atoms with Gasteiger partial charge in [-0.2, -0.15) is 5.10 Å². The van der Waals surface area contributed by atoms with E-state index in [9.17, 15) is 19.1 Å². The monoisotopic (exact) mass is 329 g/mol. The van der Waals surface area contributed by atoms with Crippen molar-refractivity contribution >= 4 is 18.0 Å². The van der Waals surface area contributed by atoms with Crippen LogP contribution in [0.3, 0.4) is 0 Å². The van der Waals surface area contributed by atoms with Gasteiger partial charge >= 0.3 is 0 Å². The summed E-state index contributed by atoms with van der Waals surface area (Å²) < 4.78 is 13.0. The van der Waals surface area contributed by atoms with Crippen LogP contribution in [0.1, 0.15) is 21.5 Å². The minimum atomic E-state index is -0.565. The Morgan fingerprint density at radius 1 is 1.25 bits per heavy atom. The molecular weight excluding hydrogens is 313 g/mol. The van der Waals surface area contributed by atoms with Crippen LogP contribution >= 0.6 is 0 Å². The van der Waals surface area contributed by atoms with Crippen LogP contribution in [0.5, 0.6) is 5.75 Å². The van der Waals surface area contributed by atoms with Gasteiger partial charge in [0.2, 0.25) is 0 Å². The van der Waals surface area contributed by atoms with E-state index in [1.54, 1.807) is 12.1 Å². The predicted octanol–water partition coefficient (Wildman–Crippen LogP) is 1.72. The SMILES string of the molecule is Cc1ccc(O)c(/C=N\NC(=O)CNC(=O)c2cccc(F)c2)c1. The first kappa shape index (κ1) is 17.1. The minimum Gasteiger partial charge on any atom is -0.507 e. The van der Waals surface area contributed by atoms with Gasteiger partial charge in [-0.3, -0.25) is 9.59 Å². The molecule has 0 heterocycles. The number of rotatable bonds is 5. The van der Waals surface area contributed by atoms with E-state index in [0.29, 0.717) is 5.56 Å². The Morgan fingerprint density at radius 2 is 2.04 bits per heavy atom. The van der Waals surface area contributed by atoms with E-state index in [-0.39, 0.29) is 17.9 Å². The highest BCUT2D eigenvalue weighted by atomic mass is 19.1. The Morgan fingerprint density at radius 3 is 2.79 bits per heavy atom. The molecule has 124 valence electrons. The number of hydrogen-bond acceptors (Lipinski definition) is 4. The molecule has 24 heavy (non-hydrogen) atoms. The maximum atomic E-state index is 13.0. The van der Waals surface area contributed by atoms with Gasteiger partial charge in [0, 0.05) is 11.1 Å². The number of hydrazone groups is 1. The van der Waals surface area contributed by atoms with Gasteiger partial charge in [0.25, 0.3) is 11.8 Å². The Kier molecular flexibility index (Phi) is 5.62. The van der Waals surface area contributed by atoms with E-state index < -0.39 is 17.6 Å². The smallest absolute Gasteiger partial charge is 0.259 e. The molecule has 2 aromatic carbocycles. The van der Waals surface area contributed by atoms with Crippen molar-refractivity contribution in [2.75, 3.05) is 6.54 Å². The fraction of sp³-hybridized carbons (Fsp3) is 0.118. The molecule has 0 aliphatic carbocycles. The summed E-state index contributed by atoms with van der Waals surface area (Å²) >= 11 is 0. The number of aryl methyl sites for hydroxylation is 1. The van der Waals surface area contributed by atoms with E-state index in [4.69, 9.17) is 0 Å². The van der Waals surface area contributed by atoms with Crippen molar-refractivity contribution in [2.45, 2.75) is 6.92 Å². The highest BCUT2D eigenvalue weighted by Crippen LogP contribution is 2.15. The standard InChI is InChI=1S/C17H16FN3O3/c1-11-5-6-15(22)13(7-11)9-20-21-16(23)10-19-17(24)12-3-2-4-14(18)8-12/h2-9,22H,10H2,1H3,(H,19,24)(H,21,23)/b20-9-. The van der Waals surface area contributed by atoms with Crippen LogP contribution in [0.15, 0.2) is 47.6 Å². The van der Waals surface area contributed by atoms with E-state index in [2.05, 4.69) is 15.8 Å². The third-order valence-electron chi connectivity index (χ3n) is 3.07. The van der Waals surface area contributed by atoms with Crippen LogP contribution in [0.4, 0.5) is 4.39 Å². The first-order valence-electron chi connectivity index (χ1n) is 7.11. The highest BCUT2D eigenvalue weighted by molar-refractivity contribution is 5.96. The fourth-order valence-electron chi connectivity index (χ4n) is 1.88. The van der Waals surface area contributed by atoms with Crippen molar-refractivity contribution in [3.8, 4) is 5.75 Å². The number of hydrogen-bond donors (Lipinski definition) is 3. The molecule has 0 radical (unpaired) electrons. The van der Waals surface area contributed by atoms with Crippen LogP contribution in [0, 0.1) is 12.7 Å². The van der Waals surface area contributed by atoms with E-state index >= 15 is 0 Å². The van der Waals surface area contributed by atoms with Gasteiger partial charge in [0.1, 0.15) is 11.6 Å². The number of nitrogens with one attached hydrogen (secondary N) is 2. The van der Waals surface area contributed by atoms with Gasteiger partial charge in [-0.1, -0.05) is 17.7 Å². The van der Waals surface area contributed by atoms with Crippen molar-refractivity contribution < 1.29 is 19.1 Å². The summed E-state index contributed by atoms with van der Waals surface area (Å²) in [6.45, 7) is 1.55. The molecule has 0 fully saturated rings. The number of amides is 2. The molecule has 2 amide bonds. The molecular formula is C17H16FN3O3. The number of phenolic OH excluding ortho intramolecular Hbond substituents is 1. The molecule has 0 aromatic heterocycles. The second kappa shape index (κ2) is 7.87. The number of phenols is 1. The van der Waals surface area contributed by atoms with Crippen LogP contribution < -0.4 is 10.7 Å². The Labute approximate surface area is 138 Å². The lowest BCUT2D eigenvalue weighted by Gasteiger charge is -2.04. The maximum absolute atomic E-state index is 13.0. The lowest BCUT2D eigenvalue weighted by atomic mass is 10.1.